The first kappa shape index (κ1) is 29.3. The van der Waals surface area contributed by atoms with E-state index in [1.807, 2.05) is 43.3 Å². The van der Waals surface area contributed by atoms with E-state index < -0.39 is 41.6 Å². The molecule has 5 bridgehead atoms. The van der Waals surface area contributed by atoms with Crippen molar-refractivity contribution in [2.45, 2.75) is 89.1 Å². The van der Waals surface area contributed by atoms with Crippen LogP contribution in [-0.4, -0.2) is 69.6 Å². The molecule has 3 amide bonds. The largest absolute Gasteiger partial charge is 0.451 e. The summed E-state index contributed by atoms with van der Waals surface area (Å²) in [5.74, 6) is -1.80. The Labute approximate surface area is 250 Å². The Balaban J connectivity index is 1.36. The Kier molecular flexibility index (Phi) is 7.95. The summed E-state index contributed by atoms with van der Waals surface area (Å²) in [4.78, 5) is 58.5. The Morgan fingerprint density at radius 2 is 1.74 bits per heavy atom. The summed E-state index contributed by atoms with van der Waals surface area (Å²) in [5.41, 5.74) is 4.21. The molecule has 2 unspecified atom stereocenters. The zero-order valence-corrected chi connectivity index (χ0v) is 24.5. The van der Waals surface area contributed by atoms with E-state index in [0.717, 1.165) is 29.3 Å². The number of hydrogen-bond donors (Lipinski definition) is 4. The van der Waals surface area contributed by atoms with Crippen molar-refractivity contribution in [1.29, 1.82) is 0 Å². The SMILES string of the molecule is C[C@@H]1NC(=O)[C@H](C2CC2)OC(=O)C2(C=Cc3ccc4ccc(nc4c3)[C@@H](C)NC(=O)[C@@H]3CCCN(N3)C1=O)CCC(O)C2. The lowest BCUT2D eigenvalue weighted by Crippen LogP contribution is -2.61. The maximum absolute atomic E-state index is 13.8. The zero-order chi connectivity index (χ0) is 30.3. The molecule has 1 saturated heterocycles. The summed E-state index contributed by atoms with van der Waals surface area (Å²) >= 11 is 0. The molecule has 228 valence electrons. The molecule has 2 aliphatic carbocycles. The first-order valence-corrected chi connectivity index (χ1v) is 15.3. The average molecular weight is 590 g/mol. The van der Waals surface area contributed by atoms with Crippen LogP contribution in [0.3, 0.4) is 0 Å². The molecule has 11 nitrogen and oxygen atoms in total. The lowest BCUT2D eigenvalue weighted by molar-refractivity contribution is -0.165. The fourth-order valence-electron chi connectivity index (χ4n) is 6.31. The van der Waals surface area contributed by atoms with Crippen LogP contribution in [0, 0.1) is 11.3 Å². The normalized spacial score (nSPS) is 32.5. The Morgan fingerprint density at radius 3 is 2.49 bits per heavy atom. The second-order valence-electron chi connectivity index (χ2n) is 12.5. The third kappa shape index (κ3) is 6.14. The van der Waals surface area contributed by atoms with E-state index in [2.05, 4.69) is 16.1 Å². The molecule has 6 atom stereocenters. The molecular weight excluding hydrogens is 550 g/mol. The summed E-state index contributed by atoms with van der Waals surface area (Å²) in [6, 6.07) is 7.74. The van der Waals surface area contributed by atoms with Gasteiger partial charge in [0, 0.05) is 17.8 Å². The highest BCUT2D eigenvalue weighted by atomic mass is 16.6. The number of aromatic nitrogens is 1. The maximum atomic E-state index is 13.8. The van der Waals surface area contributed by atoms with Crippen LogP contribution in [0.5, 0.6) is 0 Å². The molecular formula is C32H39N5O6. The Bertz CT molecular complexity index is 1470. The van der Waals surface area contributed by atoms with Crippen molar-refractivity contribution in [2.75, 3.05) is 6.54 Å². The number of hydrazine groups is 1. The Morgan fingerprint density at radius 1 is 0.977 bits per heavy atom. The van der Waals surface area contributed by atoms with Gasteiger partial charge >= 0.3 is 5.97 Å². The van der Waals surface area contributed by atoms with Gasteiger partial charge in [-0.3, -0.25) is 29.2 Å². The van der Waals surface area contributed by atoms with Crippen LogP contribution in [0.15, 0.2) is 36.4 Å². The number of hydrogen-bond acceptors (Lipinski definition) is 8. The van der Waals surface area contributed by atoms with Gasteiger partial charge < -0.3 is 20.5 Å². The number of aliphatic hydroxyl groups is 1. The van der Waals surface area contributed by atoms with Gasteiger partial charge in [0.25, 0.3) is 11.8 Å². The van der Waals surface area contributed by atoms with Gasteiger partial charge in [-0.05, 0) is 76.5 Å². The summed E-state index contributed by atoms with van der Waals surface area (Å²) in [6.45, 7) is 3.85. The van der Waals surface area contributed by atoms with E-state index >= 15 is 0 Å². The molecule has 1 spiro atoms. The number of pyridine rings is 1. The van der Waals surface area contributed by atoms with Crippen molar-refractivity contribution in [1.82, 2.24) is 26.1 Å². The van der Waals surface area contributed by atoms with Crippen molar-refractivity contribution in [2.24, 2.45) is 11.3 Å². The number of carbonyl (C=O) groups is 4. The van der Waals surface area contributed by atoms with Crippen LogP contribution in [0.2, 0.25) is 0 Å². The van der Waals surface area contributed by atoms with E-state index in [4.69, 9.17) is 9.72 Å². The van der Waals surface area contributed by atoms with Crippen molar-refractivity contribution >= 4 is 40.7 Å². The number of benzene rings is 1. The molecule has 2 aromatic rings. The number of nitrogens with zero attached hydrogens (tertiary/aromatic N) is 2. The molecule has 1 aromatic heterocycles. The number of nitrogens with one attached hydrogen (secondary N) is 3. The average Bonchev–Trinajstić information content (AvgIpc) is 3.78. The highest BCUT2D eigenvalue weighted by Crippen LogP contribution is 2.43. The first-order chi connectivity index (χ1) is 20.6. The first-order valence-electron chi connectivity index (χ1n) is 15.3. The topological polar surface area (TPSA) is 150 Å². The van der Waals surface area contributed by atoms with Gasteiger partial charge in [-0.1, -0.05) is 30.4 Å². The van der Waals surface area contributed by atoms with Crippen LogP contribution in [0.1, 0.15) is 76.1 Å². The molecule has 11 heteroatoms. The smallest absolute Gasteiger partial charge is 0.316 e. The third-order valence-electron chi connectivity index (χ3n) is 9.11. The van der Waals surface area contributed by atoms with Crippen LogP contribution in [0.25, 0.3) is 17.0 Å². The van der Waals surface area contributed by atoms with E-state index in [1.54, 1.807) is 13.0 Å². The van der Waals surface area contributed by atoms with Crippen LogP contribution >= 0.6 is 0 Å². The van der Waals surface area contributed by atoms with Crippen molar-refractivity contribution in [3.8, 4) is 0 Å². The summed E-state index contributed by atoms with van der Waals surface area (Å²) < 4.78 is 5.92. The van der Waals surface area contributed by atoms with Gasteiger partial charge in [0.15, 0.2) is 6.10 Å². The molecule has 6 rings (SSSR count). The van der Waals surface area contributed by atoms with E-state index in [0.29, 0.717) is 37.9 Å². The minimum Gasteiger partial charge on any atom is -0.451 e. The molecule has 2 saturated carbocycles. The fraction of sp³-hybridized carbons (Fsp3) is 0.531. The number of ether oxygens (including phenoxy) is 1. The fourth-order valence-corrected chi connectivity index (χ4v) is 6.31. The van der Waals surface area contributed by atoms with Crippen LogP contribution in [0.4, 0.5) is 0 Å². The molecule has 4 N–H and O–H groups in total. The number of fused-ring (bicyclic) bond motifs is 4. The number of esters is 1. The van der Waals surface area contributed by atoms with Gasteiger partial charge in [0.1, 0.15) is 12.1 Å². The molecule has 2 aliphatic heterocycles. The lowest BCUT2D eigenvalue weighted by atomic mass is 9.85. The second kappa shape index (κ2) is 11.7. The van der Waals surface area contributed by atoms with Gasteiger partial charge in [0.05, 0.1) is 28.8 Å². The molecule has 4 aliphatic rings. The number of rotatable bonds is 1. The lowest BCUT2D eigenvalue weighted by Gasteiger charge is -2.35. The van der Waals surface area contributed by atoms with Gasteiger partial charge in [-0.15, -0.1) is 0 Å². The van der Waals surface area contributed by atoms with Gasteiger partial charge in [-0.25, -0.2) is 5.43 Å². The third-order valence-corrected chi connectivity index (χ3v) is 9.11. The predicted octanol–water partition coefficient (Wildman–Crippen LogP) is 2.29. The van der Waals surface area contributed by atoms with E-state index in [-0.39, 0.29) is 30.2 Å². The number of amides is 3. The summed E-state index contributed by atoms with van der Waals surface area (Å²) in [5, 5.41) is 18.5. The minimum absolute atomic E-state index is 0.121. The number of carbonyl (C=O) groups excluding carboxylic acids is 4. The highest BCUT2D eigenvalue weighted by Gasteiger charge is 2.48. The van der Waals surface area contributed by atoms with Crippen molar-refractivity contribution < 1.29 is 29.0 Å². The maximum Gasteiger partial charge on any atom is 0.316 e. The predicted molar refractivity (Wildman–Crippen MR) is 158 cm³/mol. The monoisotopic (exact) mass is 589 g/mol. The molecule has 43 heavy (non-hydrogen) atoms. The molecule has 0 radical (unpaired) electrons. The van der Waals surface area contributed by atoms with Crippen molar-refractivity contribution in [3.05, 3.63) is 47.7 Å². The Hall–Kier alpha value is -3.83. The quantitative estimate of drug-likeness (QED) is 0.370. The van der Waals surface area contributed by atoms with Crippen molar-refractivity contribution in [3.63, 3.8) is 0 Å². The standard InChI is InChI=1S/C32H39N5O6/c1-18-24-10-9-21-6-5-20(16-26(21)35-24)11-13-32(14-12-23(38)17-32)31(42)43-27(22-7-8-22)29(40)34-19(2)30(41)37-15-3-4-25(36-37)28(39)33-18/h5-6,9-11,13,16,18-19,22-23,25,27,36,38H,3-4,7-8,12,14-15,17H2,1-2H3,(H,33,39)(H,34,40)/t18-,19+,23?,25+,27+,32?/m1/s1. The van der Waals surface area contributed by atoms with Crippen LogP contribution in [-0.2, 0) is 23.9 Å². The van der Waals surface area contributed by atoms with Crippen LogP contribution < -0.4 is 16.1 Å². The molecule has 3 fully saturated rings. The highest BCUT2D eigenvalue weighted by molar-refractivity contribution is 5.92. The van der Waals surface area contributed by atoms with Gasteiger partial charge in [-0.2, -0.15) is 0 Å². The second-order valence-corrected chi connectivity index (χ2v) is 12.5. The molecule has 3 heterocycles. The minimum atomic E-state index is -1.08. The number of aliphatic hydroxyl groups excluding tert-OH is 1. The summed E-state index contributed by atoms with van der Waals surface area (Å²) in [6.07, 6.45) is 5.64. The summed E-state index contributed by atoms with van der Waals surface area (Å²) in [7, 11) is 0. The molecule has 1 aromatic carbocycles. The van der Waals surface area contributed by atoms with E-state index in [1.165, 1.54) is 5.01 Å². The number of cyclic esters (lactones) is 1. The van der Waals surface area contributed by atoms with Gasteiger partial charge in [0.2, 0.25) is 5.91 Å². The zero-order valence-electron chi connectivity index (χ0n) is 24.5. The van der Waals surface area contributed by atoms with E-state index in [9.17, 15) is 24.3 Å².